The average molecular weight is 870 g/mol. The molecule has 0 radical (unpaired) electrons. The number of rotatable bonds is 9. The van der Waals surface area contributed by atoms with Crippen LogP contribution >= 0.6 is 0 Å². The second-order valence-corrected chi connectivity index (χ2v) is 16.7. The fourth-order valence-electron chi connectivity index (χ4n) is 8.82. The normalized spacial score (nSPS) is 11.0. The van der Waals surface area contributed by atoms with Crippen molar-refractivity contribution in [2.45, 2.75) is 48.5 Å². The molecule has 2 nitrogen and oxygen atoms in total. The molecule has 0 amide bonds. The number of para-hydroxylation sites is 2. The van der Waals surface area contributed by atoms with Crippen LogP contribution in [0.1, 0.15) is 54.3 Å². The van der Waals surface area contributed by atoms with Crippen molar-refractivity contribution in [2.75, 3.05) is 4.90 Å². The van der Waals surface area contributed by atoms with Gasteiger partial charge in [-0.15, -0.1) is 0 Å². The molecule has 1 aromatic heterocycles. The Morgan fingerprint density at radius 2 is 0.881 bits per heavy atom. The van der Waals surface area contributed by atoms with Crippen molar-refractivity contribution < 1.29 is 4.42 Å². The van der Waals surface area contributed by atoms with E-state index in [4.69, 9.17) is 4.42 Å². The van der Waals surface area contributed by atoms with Crippen molar-refractivity contribution in [3.63, 3.8) is 0 Å². The number of fused-ring (bicyclic) bond motifs is 1. The molecule has 0 N–H and O–H groups in total. The second kappa shape index (κ2) is 21.4. The fraction of sp³-hybridized carbons (Fsp3) is 0.108. The Labute approximate surface area is 398 Å². The van der Waals surface area contributed by atoms with Gasteiger partial charge in [0.15, 0.2) is 0 Å². The van der Waals surface area contributed by atoms with E-state index < -0.39 is 0 Å². The highest BCUT2D eigenvalue weighted by molar-refractivity contribution is 5.90. The van der Waals surface area contributed by atoms with Crippen LogP contribution in [0, 0.1) is 27.7 Å². The van der Waals surface area contributed by atoms with Gasteiger partial charge in [-0.3, -0.25) is 0 Å². The van der Waals surface area contributed by atoms with Crippen LogP contribution in [-0.4, -0.2) is 0 Å². The van der Waals surface area contributed by atoms with Crippen molar-refractivity contribution >= 4 is 33.6 Å². The predicted molar refractivity (Wildman–Crippen MR) is 289 cm³/mol. The minimum Gasteiger partial charge on any atom is -0.456 e. The first-order chi connectivity index (χ1) is 32.8. The molecular weight excluding hydrogens is 811 g/mol. The quantitative estimate of drug-likeness (QED) is 0.144. The van der Waals surface area contributed by atoms with E-state index in [1.807, 2.05) is 26.0 Å². The summed E-state index contributed by atoms with van der Waals surface area (Å²) in [5, 5.41) is 1.16. The van der Waals surface area contributed by atoms with E-state index in [-0.39, 0.29) is 0 Å². The summed E-state index contributed by atoms with van der Waals surface area (Å²) in [5.74, 6) is 0.925. The Bertz CT molecular complexity index is 3160. The van der Waals surface area contributed by atoms with Crippen LogP contribution in [0.5, 0.6) is 0 Å². The van der Waals surface area contributed by atoms with Crippen molar-refractivity contribution in [2.24, 2.45) is 0 Å². The summed E-state index contributed by atoms with van der Waals surface area (Å²) in [7, 11) is 0. The van der Waals surface area contributed by atoms with Gasteiger partial charge in [-0.05, 0) is 156 Å². The first-order valence-electron chi connectivity index (χ1n) is 23.4. The topological polar surface area (TPSA) is 16.4 Å². The number of hydrogen-bond donors (Lipinski definition) is 0. The molecule has 0 fully saturated rings. The maximum atomic E-state index is 6.34. The molecule has 0 atom stereocenters. The van der Waals surface area contributed by atoms with Crippen LogP contribution < -0.4 is 4.90 Å². The lowest BCUT2D eigenvalue weighted by molar-refractivity contribution is 0.597. The van der Waals surface area contributed by atoms with E-state index in [2.05, 4.69) is 258 Å². The minimum atomic E-state index is 0.918. The van der Waals surface area contributed by atoms with Gasteiger partial charge in [-0.2, -0.15) is 0 Å². The number of anilines is 3. The third-order valence-corrected chi connectivity index (χ3v) is 12.3. The third-order valence-electron chi connectivity index (χ3n) is 12.3. The lowest BCUT2D eigenvalue weighted by Gasteiger charge is -2.26. The summed E-state index contributed by atoms with van der Waals surface area (Å²) >= 11 is 0. The van der Waals surface area contributed by atoms with Crippen LogP contribution in [-0.2, 0) is 0 Å². The molecule has 0 saturated carbocycles. The molecule has 10 rings (SSSR count). The monoisotopic (exact) mass is 869 g/mol. The van der Waals surface area contributed by atoms with E-state index in [0.29, 0.717) is 0 Å². The third kappa shape index (κ3) is 10.3. The van der Waals surface area contributed by atoms with Gasteiger partial charge in [0.1, 0.15) is 11.3 Å². The second-order valence-electron chi connectivity index (χ2n) is 16.7. The zero-order chi connectivity index (χ0) is 46.7. The molecule has 0 saturated heterocycles. The first kappa shape index (κ1) is 45.6. The van der Waals surface area contributed by atoms with E-state index >= 15 is 0 Å². The van der Waals surface area contributed by atoms with Crippen LogP contribution in [0.3, 0.4) is 0 Å². The van der Waals surface area contributed by atoms with Crippen molar-refractivity contribution in [3.8, 4) is 44.5 Å². The van der Waals surface area contributed by atoms with Gasteiger partial charge in [0, 0.05) is 33.6 Å². The number of aryl methyl sites for hydroxylation is 4. The highest BCUT2D eigenvalue weighted by Crippen LogP contribution is 2.39. The van der Waals surface area contributed by atoms with Gasteiger partial charge in [-0.1, -0.05) is 190 Å². The van der Waals surface area contributed by atoms with E-state index in [1.165, 1.54) is 66.8 Å². The smallest absolute Gasteiger partial charge is 0.138 e. The van der Waals surface area contributed by atoms with Gasteiger partial charge in [-0.25, -0.2) is 0 Å². The average Bonchev–Trinajstić information content (AvgIpc) is 3.72. The summed E-state index contributed by atoms with van der Waals surface area (Å²) in [6, 6.07) is 79.7. The Morgan fingerprint density at radius 1 is 0.403 bits per heavy atom. The van der Waals surface area contributed by atoms with Gasteiger partial charge in [0.25, 0.3) is 0 Å². The SMILES string of the molecule is C/C=C(/c1ccc(N(c2ccccc2)c2ccc(-c3ccc(C)c(-c4ccccc4C)c3)cc2)cc1)c1oc2ccccc2c1C.CC.Cc1cc(-c2ccccc2)cc(-c2ccccc2)c1. The molecule has 2 heteroatoms. The number of benzene rings is 9. The van der Waals surface area contributed by atoms with Crippen molar-refractivity contribution in [1.29, 1.82) is 0 Å². The molecule has 330 valence electrons. The maximum Gasteiger partial charge on any atom is 0.138 e. The molecule has 0 aliphatic carbocycles. The Kier molecular flexibility index (Phi) is 14.5. The Hall–Kier alpha value is -7.94. The van der Waals surface area contributed by atoms with E-state index in [1.54, 1.807) is 0 Å². The van der Waals surface area contributed by atoms with Gasteiger partial charge in [0.2, 0.25) is 0 Å². The summed E-state index contributed by atoms with van der Waals surface area (Å²) in [6.07, 6.45) is 2.14. The predicted octanol–water partition coefficient (Wildman–Crippen LogP) is 19.0. The maximum absolute atomic E-state index is 6.34. The van der Waals surface area contributed by atoms with Gasteiger partial charge >= 0.3 is 0 Å². The Morgan fingerprint density at radius 3 is 1.46 bits per heavy atom. The minimum absolute atomic E-state index is 0.918. The number of hydrogen-bond acceptors (Lipinski definition) is 2. The Balaban J connectivity index is 0.000000241. The zero-order valence-electron chi connectivity index (χ0n) is 39.8. The standard InChI is InChI=1S/C44H37NO.C19H16.C2H6/c1-5-39(44-32(4)41-17-11-12-18-43(41)46-44)34-23-27-38(28-24-34)45(36-14-7-6-8-15-36)37-25-21-33(22-26-37)35-20-19-31(3)42(29-35)40-16-10-9-13-30(40)2;1-15-12-18(16-8-4-2-5-9-16)14-19(13-15)17-10-6-3-7-11-17;1-2/h5-29H,1-4H3;2-14H,1H3;1-2H3/b39-5-;;. The number of furan rings is 1. The molecule has 9 aromatic carbocycles. The molecule has 0 aliphatic heterocycles. The zero-order valence-corrected chi connectivity index (χ0v) is 39.8. The number of nitrogens with zero attached hydrogens (tertiary/aromatic N) is 1. The van der Waals surface area contributed by atoms with Crippen LogP contribution in [0.4, 0.5) is 17.1 Å². The lowest BCUT2D eigenvalue weighted by atomic mass is 9.93. The number of allylic oxidation sites excluding steroid dienone is 1. The van der Waals surface area contributed by atoms with Crippen LogP contribution in [0.25, 0.3) is 61.0 Å². The van der Waals surface area contributed by atoms with Crippen LogP contribution in [0.15, 0.2) is 235 Å². The fourth-order valence-corrected chi connectivity index (χ4v) is 8.82. The van der Waals surface area contributed by atoms with E-state index in [9.17, 15) is 0 Å². The molecule has 0 spiro atoms. The van der Waals surface area contributed by atoms with Gasteiger partial charge in [0.05, 0.1) is 0 Å². The molecule has 0 aliphatic rings. The summed E-state index contributed by atoms with van der Waals surface area (Å²) in [5.41, 5.74) is 21.5. The van der Waals surface area contributed by atoms with Crippen LogP contribution in [0.2, 0.25) is 0 Å². The highest BCUT2D eigenvalue weighted by Gasteiger charge is 2.18. The molecule has 0 unspecified atom stereocenters. The molecule has 10 aromatic rings. The highest BCUT2D eigenvalue weighted by atomic mass is 16.3. The summed E-state index contributed by atoms with van der Waals surface area (Å²) in [6.45, 7) is 14.7. The summed E-state index contributed by atoms with van der Waals surface area (Å²) < 4.78 is 6.34. The first-order valence-corrected chi connectivity index (χ1v) is 23.4. The summed E-state index contributed by atoms with van der Waals surface area (Å²) in [4.78, 5) is 2.31. The van der Waals surface area contributed by atoms with Crippen molar-refractivity contribution in [3.05, 3.63) is 264 Å². The largest absolute Gasteiger partial charge is 0.456 e. The lowest BCUT2D eigenvalue weighted by Crippen LogP contribution is -2.09. The molecule has 0 bridgehead atoms. The van der Waals surface area contributed by atoms with Crippen molar-refractivity contribution in [1.82, 2.24) is 0 Å². The molecule has 1 heterocycles. The van der Waals surface area contributed by atoms with Gasteiger partial charge < -0.3 is 9.32 Å². The molecular formula is C65H59NO. The molecule has 67 heavy (non-hydrogen) atoms. The van der Waals surface area contributed by atoms with E-state index in [0.717, 1.165) is 44.9 Å².